The second-order valence-corrected chi connectivity index (χ2v) is 7.46. The normalized spacial score (nSPS) is 23.0. The summed E-state index contributed by atoms with van der Waals surface area (Å²) in [6, 6.07) is 1.17. The molecular weight excluding hydrogens is 363 g/mol. The van der Waals surface area contributed by atoms with Crippen LogP contribution < -0.4 is 16.1 Å². The van der Waals surface area contributed by atoms with Gasteiger partial charge in [0.05, 0.1) is 10.8 Å². The smallest absolute Gasteiger partial charge is 0.341 e. The Balaban J connectivity index is 1.89. The molecule has 3 heterocycles. The van der Waals surface area contributed by atoms with E-state index in [1.165, 1.54) is 6.20 Å². The zero-order valence-corrected chi connectivity index (χ0v) is 14.6. The second kappa shape index (κ2) is 6.21. The summed E-state index contributed by atoms with van der Waals surface area (Å²) in [5.74, 6) is -1.84. The van der Waals surface area contributed by atoms with Gasteiger partial charge < -0.3 is 20.3 Å². The van der Waals surface area contributed by atoms with Gasteiger partial charge in [0.1, 0.15) is 11.2 Å². The van der Waals surface area contributed by atoms with Gasteiger partial charge in [0.25, 0.3) is 0 Å². The third kappa shape index (κ3) is 2.73. The number of carboxylic acid groups (broad SMARTS) is 1. The molecule has 3 N–H and O–H groups in total. The molecule has 138 valence electrons. The summed E-state index contributed by atoms with van der Waals surface area (Å²) >= 11 is 6.27. The molecule has 26 heavy (non-hydrogen) atoms. The molecule has 9 heteroatoms. The van der Waals surface area contributed by atoms with Gasteiger partial charge >= 0.3 is 5.97 Å². The predicted molar refractivity (Wildman–Crippen MR) is 95.6 cm³/mol. The van der Waals surface area contributed by atoms with Gasteiger partial charge in [0.15, 0.2) is 11.6 Å². The molecule has 2 atom stereocenters. The van der Waals surface area contributed by atoms with Crippen LogP contribution in [0.25, 0.3) is 11.0 Å². The molecule has 0 bridgehead atoms. The first-order valence-corrected chi connectivity index (χ1v) is 8.92. The molecule has 4 rings (SSSR count). The molecule has 0 amide bonds. The first-order chi connectivity index (χ1) is 12.4. The molecule has 2 aromatic heterocycles. The SMILES string of the molecule is NC[C@@H]1CN(c2nc3c(cc2F)c(=O)c(C(=O)O)cn3C2CC2)C[C@@H]1Cl. The summed E-state index contributed by atoms with van der Waals surface area (Å²) in [7, 11) is 0. The Bertz CT molecular complexity index is 959. The van der Waals surface area contributed by atoms with Crippen molar-refractivity contribution in [2.75, 3.05) is 24.5 Å². The van der Waals surface area contributed by atoms with Crippen molar-refractivity contribution in [3.05, 3.63) is 33.9 Å². The Hall–Kier alpha value is -2.19. The molecule has 2 aromatic rings. The van der Waals surface area contributed by atoms with Crippen molar-refractivity contribution >= 4 is 34.4 Å². The Morgan fingerprint density at radius 1 is 1.42 bits per heavy atom. The molecular formula is C17H18ClFN4O3. The highest BCUT2D eigenvalue weighted by Gasteiger charge is 2.34. The minimum atomic E-state index is -1.33. The van der Waals surface area contributed by atoms with Crippen LogP contribution in [0.15, 0.2) is 17.1 Å². The minimum absolute atomic E-state index is 0.0185. The quantitative estimate of drug-likeness (QED) is 0.781. The van der Waals surface area contributed by atoms with Crippen LogP contribution in [-0.2, 0) is 0 Å². The first kappa shape index (κ1) is 17.2. The fourth-order valence-corrected chi connectivity index (χ4v) is 3.82. The molecule has 0 aromatic carbocycles. The van der Waals surface area contributed by atoms with Gasteiger partial charge in [-0.3, -0.25) is 4.79 Å². The number of carbonyl (C=O) groups is 1. The number of halogens is 2. The summed E-state index contributed by atoms with van der Waals surface area (Å²) in [4.78, 5) is 29.9. The molecule has 0 radical (unpaired) electrons. The van der Waals surface area contributed by atoms with Crippen LogP contribution in [-0.4, -0.2) is 45.6 Å². The van der Waals surface area contributed by atoms with E-state index in [1.54, 1.807) is 9.47 Å². The summed E-state index contributed by atoms with van der Waals surface area (Å²) in [6.07, 6.45) is 3.05. The number of alkyl halides is 1. The van der Waals surface area contributed by atoms with E-state index in [4.69, 9.17) is 17.3 Å². The van der Waals surface area contributed by atoms with Gasteiger partial charge in [-0.05, 0) is 25.5 Å². The number of carboxylic acids is 1. The fourth-order valence-electron chi connectivity index (χ4n) is 3.47. The molecule has 0 unspecified atom stereocenters. The summed E-state index contributed by atoms with van der Waals surface area (Å²) in [5, 5.41) is 9.06. The van der Waals surface area contributed by atoms with E-state index in [0.29, 0.717) is 25.3 Å². The third-order valence-electron chi connectivity index (χ3n) is 5.07. The topological polar surface area (TPSA) is 101 Å². The van der Waals surface area contributed by atoms with Crippen molar-refractivity contribution in [3.8, 4) is 0 Å². The minimum Gasteiger partial charge on any atom is -0.477 e. The molecule has 1 saturated carbocycles. The van der Waals surface area contributed by atoms with Crippen molar-refractivity contribution in [3.63, 3.8) is 0 Å². The lowest BCUT2D eigenvalue weighted by Crippen LogP contribution is -2.26. The van der Waals surface area contributed by atoms with E-state index in [0.717, 1.165) is 18.9 Å². The lowest BCUT2D eigenvalue weighted by Gasteiger charge is -2.19. The lowest BCUT2D eigenvalue weighted by atomic mass is 10.1. The van der Waals surface area contributed by atoms with Gasteiger partial charge in [-0.1, -0.05) is 0 Å². The maximum absolute atomic E-state index is 14.7. The van der Waals surface area contributed by atoms with Gasteiger partial charge in [0.2, 0.25) is 5.43 Å². The number of aromatic nitrogens is 2. The summed E-state index contributed by atoms with van der Waals surface area (Å²) in [6.45, 7) is 1.30. The lowest BCUT2D eigenvalue weighted by molar-refractivity contribution is 0.0695. The summed E-state index contributed by atoms with van der Waals surface area (Å²) < 4.78 is 16.4. The molecule has 1 aliphatic carbocycles. The van der Waals surface area contributed by atoms with E-state index in [1.807, 2.05) is 0 Å². The first-order valence-electron chi connectivity index (χ1n) is 8.48. The molecule has 0 spiro atoms. The number of fused-ring (bicyclic) bond motifs is 1. The standard InChI is InChI=1S/C17H18ClFN4O3/c18-12-7-22(5-8(12)4-20)16-13(19)3-10-14(24)11(17(25)26)6-23(9-1-2-9)15(10)21-16/h3,6,8-9,12H,1-2,4-5,7,20H2,(H,25,26)/t8-,12+/m1/s1. The number of anilines is 1. The fraction of sp³-hybridized carbons (Fsp3) is 0.471. The van der Waals surface area contributed by atoms with E-state index in [-0.39, 0.29) is 34.1 Å². The number of nitrogens with zero attached hydrogens (tertiary/aromatic N) is 3. The van der Waals surface area contributed by atoms with Crippen molar-refractivity contribution in [1.82, 2.24) is 9.55 Å². The van der Waals surface area contributed by atoms with E-state index in [2.05, 4.69) is 4.98 Å². The Morgan fingerprint density at radius 2 is 2.15 bits per heavy atom. The van der Waals surface area contributed by atoms with E-state index >= 15 is 0 Å². The summed E-state index contributed by atoms with van der Waals surface area (Å²) in [5.41, 5.74) is 4.92. The Kier molecular flexibility index (Phi) is 4.11. The van der Waals surface area contributed by atoms with E-state index < -0.39 is 17.2 Å². The highest BCUT2D eigenvalue weighted by atomic mass is 35.5. The molecule has 2 fully saturated rings. The number of rotatable bonds is 4. The molecule has 1 aliphatic heterocycles. The van der Waals surface area contributed by atoms with Crippen LogP contribution in [0.5, 0.6) is 0 Å². The largest absolute Gasteiger partial charge is 0.477 e. The Morgan fingerprint density at radius 3 is 2.73 bits per heavy atom. The van der Waals surface area contributed by atoms with Gasteiger partial charge in [0, 0.05) is 31.2 Å². The average Bonchev–Trinajstić information content (AvgIpc) is 3.37. The van der Waals surface area contributed by atoms with Crippen LogP contribution in [0.1, 0.15) is 29.2 Å². The van der Waals surface area contributed by atoms with Crippen molar-refractivity contribution in [2.24, 2.45) is 11.7 Å². The van der Waals surface area contributed by atoms with Crippen LogP contribution in [0, 0.1) is 11.7 Å². The second-order valence-electron chi connectivity index (χ2n) is 6.90. The molecule has 2 aliphatic rings. The predicted octanol–water partition coefficient (Wildman–Crippen LogP) is 1.57. The van der Waals surface area contributed by atoms with Crippen LogP contribution >= 0.6 is 11.6 Å². The highest BCUT2D eigenvalue weighted by molar-refractivity contribution is 6.21. The average molecular weight is 381 g/mol. The van der Waals surface area contributed by atoms with Crippen LogP contribution in [0.4, 0.5) is 10.2 Å². The Labute approximate surface area is 153 Å². The number of pyridine rings is 2. The molecule has 1 saturated heterocycles. The van der Waals surface area contributed by atoms with Gasteiger partial charge in [-0.25, -0.2) is 14.2 Å². The van der Waals surface area contributed by atoms with Gasteiger partial charge in [-0.15, -0.1) is 11.6 Å². The zero-order valence-electron chi connectivity index (χ0n) is 13.9. The van der Waals surface area contributed by atoms with E-state index in [9.17, 15) is 19.1 Å². The van der Waals surface area contributed by atoms with Crippen molar-refractivity contribution < 1.29 is 14.3 Å². The van der Waals surface area contributed by atoms with Crippen molar-refractivity contribution in [1.29, 1.82) is 0 Å². The van der Waals surface area contributed by atoms with Crippen LogP contribution in [0.2, 0.25) is 0 Å². The number of hydrogen-bond acceptors (Lipinski definition) is 5. The van der Waals surface area contributed by atoms with Gasteiger partial charge in [-0.2, -0.15) is 0 Å². The highest BCUT2D eigenvalue weighted by Crippen LogP contribution is 2.37. The monoisotopic (exact) mass is 380 g/mol. The molecule has 7 nitrogen and oxygen atoms in total. The number of nitrogens with two attached hydrogens (primary N) is 1. The third-order valence-corrected chi connectivity index (χ3v) is 5.57. The van der Waals surface area contributed by atoms with Crippen molar-refractivity contribution in [2.45, 2.75) is 24.3 Å². The zero-order chi connectivity index (χ0) is 18.6. The maximum Gasteiger partial charge on any atom is 0.341 e. The number of hydrogen-bond donors (Lipinski definition) is 2. The number of aromatic carboxylic acids is 1. The maximum atomic E-state index is 14.7. The van der Waals surface area contributed by atoms with Crippen LogP contribution in [0.3, 0.4) is 0 Å².